The van der Waals surface area contributed by atoms with Gasteiger partial charge in [-0.05, 0) is 38.1 Å². The van der Waals surface area contributed by atoms with E-state index in [1.807, 2.05) is 0 Å². The van der Waals surface area contributed by atoms with Crippen molar-refractivity contribution in [2.45, 2.75) is 13.8 Å². The van der Waals surface area contributed by atoms with Gasteiger partial charge in [0.15, 0.2) is 5.76 Å². The number of benzene rings is 1. The highest BCUT2D eigenvalue weighted by Crippen LogP contribution is 2.22. The van der Waals surface area contributed by atoms with Gasteiger partial charge in [-0.3, -0.25) is 15.6 Å². The molecule has 0 fully saturated rings. The van der Waals surface area contributed by atoms with E-state index in [4.69, 9.17) is 4.42 Å². The molecule has 0 saturated heterocycles. The molecule has 0 atom stereocenters. The van der Waals surface area contributed by atoms with Crippen molar-refractivity contribution in [2.75, 3.05) is 0 Å². The summed E-state index contributed by atoms with van der Waals surface area (Å²) in [5.41, 5.74) is 6.50. The molecule has 0 bridgehead atoms. The fourth-order valence-corrected chi connectivity index (χ4v) is 1.74. The lowest BCUT2D eigenvalue weighted by Crippen LogP contribution is -2.35. The standard InChI is InChI=1S/C15H16N2O3/c1-3-12(11-6-4-5-7-13(11)18)16-17-15(19)14-9-8-10(2)20-14/h3-9,16,18H,1-2H3,(H,17,19)/b12-3-. The van der Waals surface area contributed by atoms with Gasteiger partial charge in [0.05, 0.1) is 5.70 Å². The van der Waals surface area contributed by atoms with E-state index in [1.54, 1.807) is 56.3 Å². The minimum absolute atomic E-state index is 0.135. The van der Waals surface area contributed by atoms with E-state index >= 15 is 0 Å². The van der Waals surface area contributed by atoms with Crippen LogP contribution in [0.2, 0.25) is 0 Å². The molecule has 2 aromatic rings. The molecule has 1 aromatic heterocycles. The number of aromatic hydroxyl groups is 1. The maximum atomic E-state index is 11.8. The third-order valence-electron chi connectivity index (χ3n) is 2.76. The van der Waals surface area contributed by atoms with Gasteiger partial charge < -0.3 is 9.52 Å². The van der Waals surface area contributed by atoms with Crippen LogP contribution in [0.1, 0.15) is 28.8 Å². The van der Waals surface area contributed by atoms with Crippen molar-refractivity contribution in [3.63, 3.8) is 0 Å². The van der Waals surface area contributed by atoms with Crippen molar-refractivity contribution < 1.29 is 14.3 Å². The molecule has 1 amide bonds. The van der Waals surface area contributed by atoms with Gasteiger partial charge in [0.25, 0.3) is 0 Å². The maximum absolute atomic E-state index is 11.8. The molecule has 0 aliphatic carbocycles. The van der Waals surface area contributed by atoms with E-state index in [-0.39, 0.29) is 17.4 Å². The highest BCUT2D eigenvalue weighted by Gasteiger charge is 2.11. The maximum Gasteiger partial charge on any atom is 0.305 e. The lowest BCUT2D eigenvalue weighted by Gasteiger charge is -2.12. The predicted molar refractivity (Wildman–Crippen MR) is 75.8 cm³/mol. The normalized spacial score (nSPS) is 11.2. The van der Waals surface area contributed by atoms with Crippen LogP contribution in [0.25, 0.3) is 5.70 Å². The number of para-hydroxylation sites is 1. The summed E-state index contributed by atoms with van der Waals surface area (Å²) in [4.78, 5) is 11.8. The molecule has 20 heavy (non-hydrogen) atoms. The van der Waals surface area contributed by atoms with Crippen LogP contribution in [0, 0.1) is 6.92 Å². The number of phenols is 1. The Bertz CT molecular complexity index is 644. The van der Waals surface area contributed by atoms with Crippen LogP contribution in [0.4, 0.5) is 0 Å². The first-order chi connectivity index (χ1) is 9.61. The SMILES string of the molecule is C/C=C(\NNC(=O)c1ccc(C)o1)c1ccccc1O. The average Bonchev–Trinajstić information content (AvgIpc) is 2.88. The third-order valence-corrected chi connectivity index (χ3v) is 2.76. The first-order valence-corrected chi connectivity index (χ1v) is 6.19. The zero-order valence-electron chi connectivity index (χ0n) is 11.3. The molecule has 0 spiro atoms. The summed E-state index contributed by atoms with van der Waals surface area (Å²) in [7, 11) is 0. The Kier molecular flexibility index (Phi) is 4.10. The number of amides is 1. The van der Waals surface area contributed by atoms with E-state index in [0.29, 0.717) is 17.0 Å². The summed E-state index contributed by atoms with van der Waals surface area (Å²) >= 11 is 0. The minimum atomic E-state index is -0.382. The van der Waals surface area contributed by atoms with E-state index in [0.717, 1.165) is 0 Å². The number of rotatable bonds is 4. The Morgan fingerprint density at radius 2 is 1.95 bits per heavy atom. The van der Waals surface area contributed by atoms with Gasteiger partial charge in [-0.2, -0.15) is 0 Å². The molecule has 0 aliphatic heterocycles. The lowest BCUT2D eigenvalue weighted by atomic mass is 10.1. The smallest absolute Gasteiger partial charge is 0.305 e. The number of nitrogens with one attached hydrogen (secondary N) is 2. The fraction of sp³-hybridized carbons (Fsp3) is 0.133. The molecule has 0 radical (unpaired) electrons. The number of aryl methyl sites for hydroxylation is 1. The van der Waals surface area contributed by atoms with E-state index in [2.05, 4.69) is 10.9 Å². The largest absolute Gasteiger partial charge is 0.507 e. The molecule has 0 aliphatic rings. The molecule has 0 saturated carbocycles. The van der Waals surface area contributed by atoms with Crippen LogP contribution >= 0.6 is 0 Å². The van der Waals surface area contributed by atoms with Gasteiger partial charge in [0, 0.05) is 5.56 Å². The molecular formula is C15H16N2O3. The number of phenolic OH excluding ortho intramolecular Hbond substituents is 1. The highest BCUT2D eigenvalue weighted by atomic mass is 16.3. The minimum Gasteiger partial charge on any atom is -0.507 e. The predicted octanol–water partition coefficient (Wildman–Crippen LogP) is 2.59. The second-order valence-corrected chi connectivity index (χ2v) is 4.21. The van der Waals surface area contributed by atoms with Crippen LogP contribution < -0.4 is 10.9 Å². The monoisotopic (exact) mass is 272 g/mol. The molecule has 3 N–H and O–H groups in total. The van der Waals surface area contributed by atoms with Gasteiger partial charge >= 0.3 is 5.91 Å². The second kappa shape index (κ2) is 5.97. The Morgan fingerprint density at radius 3 is 2.55 bits per heavy atom. The van der Waals surface area contributed by atoms with Gasteiger partial charge in [-0.1, -0.05) is 18.2 Å². The van der Waals surface area contributed by atoms with Gasteiger partial charge in [-0.25, -0.2) is 0 Å². The molecule has 2 rings (SSSR count). The fourth-order valence-electron chi connectivity index (χ4n) is 1.74. The molecule has 0 unspecified atom stereocenters. The quantitative estimate of drug-likeness (QED) is 0.748. The number of hydrogen-bond donors (Lipinski definition) is 3. The Balaban J connectivity index is 2.06. The van der Waals surface area contributed by atoms with Crippen molar-refractivity contribution in [1.29, 1.82) is 0 Å². The topological polar surface area (TPSA) is 74.5 Å². The van der Waals surface area contributed by atoms with Crippen molar-refractivity contribution >= 4 is 11.6 Å². The van der Waals surface area contributed by atoms with Crippen molar-refractivity contribution in [3.05, 3.63) is 59.6 Å². The first kappa shape index (κ1) is 13.7. The molecular weight excluding hydrogens is 256 g/mol. The first-order valence-electron chi connectivity index (χ1n) is 6.19. The van der Waals surface area contributed by atoms with Gasteiger partial charge in [-0.15, -0.1) is 0 Å². The number of carbonyl (C=O) groups is 1. The molecule has 1 aromatic carbocycles. The van der Waals surface area contributed by atoms with E-state index in [1.165, 1.54) is 0 Å². The van der Waals surface area contributed by atoms with Crippen LogP contribution in [0.5, 0.6) is 5.75 Å². The highest BCUT2D eigenvalue weighted by molar-refractivity contribution is 5.91. The molecule has 5 nitrogen and oxygen atoms in total. The number of hydrazine groups is 1. The lowest BCUT2D eigenvalue weighted by molar-refractivity contribution is 0.0913. The molecule has 5 heteroatoms. The van der Waals surface area contributed by atoms with Crippen molar-refractivity contribution in [2.24, 2.45) is 0 Å². The van der Waals surface area contributed by atoms with E-state index < -0.39 is 0 Å². The summed E-state index contributed by atoms with van der Waals surface area (Å²) in [5, 5.41) is 9.79. The summed E-state index contributed by atoms with van der Waals surface area (Å²) in [5.74, 6) is 0.647. The number of allylic oxidation sites excluding steroid dienone is 1. The summed E-state index contributed by atoms with van der Waals surface area (Å²) < 4.78 is 5.22. The van der Waals surface area contributed by atoms with Crippen LogP contribution in [-0.2, 0) is 0 Å². The third kappa shape index (κ3) is 3.00. The molecule has 104 valence electrons. The van der Waals surface area contributed by atoms with Gasteiger partial charge in [0.2, 0.25) is 0 Å². The zero-order valence-corrected chi connectivity index (χ0v) is 11.3. The number of furan rings is 1. The average molecular weight is 272 g/mol. The van der Waals surface area contributed by atoms with Crippen LogP contribution in [0.3, 0.4) is 0 Å². The number of hydrogen-bond acceptors (Lipinski definition) is 4. The zero-order chi connectivity index (χ0) is 14.5. The van der Waals surface area contributed by atoms with Gasteiger partial charge in [0.1, 0.15) is 11.5 Å². The summed E-state index contributed by atoms with van der Waals surface area (Å²) in [6.07, 6.45) is 1.75. The number of carbonyl (C=O) groups excluding carboxylic acids is 1. The summed E-state index contributed by atoms with van der Waals surface area (Å²) in [6, 6.07) is 10.2. The van der Waals surface area contributed by atoms with Crippen molar-refractivity contribution in [3.8, 4) is 5.75 Å². The molecule has 1 heterocycles. The Morgan fingerprint density at radius 1 is 1.20 bits per heavy atom. The second-order valence-electron chi connectivity index (χ2n) is 4.21. The van der Waals surface area contributed by atoms with Crippen LogP contribution in [-0.4, -0.2) is 11.0 Å². The van der Waals surface area contributed by atoms with Crippen molar-refractivity contribution in [1.82, 2.24) is 10.9 Å². The Labute approximate surface area is 116 Å². The Hall–Kier alpha value is -2.69. The summed E-state index contributed by atoms with van der Waals surface area (Å²) in [6.45, 7) is 3.57. The van der Waals surface area contributed by atoms with E-state index in [9.17, 15) is 9.90 Å². The van der Waals surface area contributed by atoms with Crippen LogP contribution in [0.15, 0.2) is 46.9 Å².